The molecular formula is C24H33N3O2. The van der Waals surface area contributed by atoms with Gasteiger partial charge in [-0.25, -0.2) is 0 Å². The highest BCUT2D eigenvalue weighted by Gasteiger charge is 2.21. The van der Waals surface area contributed by atoms with Crippen molar-refractivity contribution in [2.75, 3.05) is 44.7 Å². The van der Waals surface area contributed by atoms with Gasteiger partial charge in [0, 0.05) is 57.4 Å². The number of carbonyl (C=O) groups excluding carboxylic acids is 1. The van der Waals surface area contributed by atoms with Gasteiger partial charge < -0.3 is 14.5 Å². The molecule has 29 heavy (non-hydrogen) atoms. The van der Waals surface area contributed by atoms with Crippen LogP contribution in [0.2, 0.25) is 0 Å². The van der Waals surface area contributed by atoms with Gasteiger partial charge in [-0.15, -0.1) is 0 Å². The van der Waals surface area contributed by atoms with Crippen molar-refractivity contribution < 1.29 is 9.53 Å². The van der Waals surface area contributed by atoms with Crippen LogP contribution in [0.4, 0.5) is 5.69 Å². The van der Waals surface area contributed by atoms with E-state index in [1.807, 2.05) is 35.2 Å². The van der Waals surface area contributed by atoms with Gasteiger partial charge in [-0.3, -0.25) is 9.69 Å². The van der Waals surface area contributed by atoms with E-state index in [1.165, 1.54) is 11.3 Å². The molecule has 1 aliphatic rings. The third kappa shape index (κ3) is 5.97. The molecule has 5 nitrogen and oxygen atoms in total. The number of carbonyl (C=O) groups is 1. The van der Waals surface area contributed by atoms with Crippen molar-refractivity contribution in [3.63, 3.8) is 0 Å². The third-order valence-electron chi connectivity index (χ3n) is 5.59. The van der Waals surface area contributed by atoms with E-state index in [2.05, 4.69) is 47.9 Å². The molecule has 5 heteroatoms. The van der Waals surface area contributed by atoms with Crippen LogP contribution in [0.15, 0.2) is 54.6 Å². The van der Waals surface area contributed by atoms with Gasteiger partial charge in [0.15, 0.2) is 0 Å². The summed E-state index contributed by atoms with van der Waals surface area (Å²) in [6.07, 6.45) is 0.577. The summed E-state index contributed by atoms with van der Waals surface area (Å²) < 4.78 is 5.24. The fourth-order valence-corrected chi connectivity index (χ4v) is 3.76. The summed E-state index contributed by atoms with van der Waals surface area (Å²) >= 11 is 0. The number of benzene rings is 2. The van der Waals surface area contributed by atoms with Crippen LogP contribution in [0.3, 0.4) is 0 Å². The quantitative estimate of drug-likeness (QED) is 0.684. The first kappa shape index (κ1) is 21.2. The van der Waals surface area contributed by atoms with Crippen LogP contribution in [0.25, 0.3) is 0 Å². The number of nitrogens with zero attached hydrogens (tertiary/aromatic N) is 3. The lowest BCUT2D eigenvalue weighted by Gasteiger charge is -2.36. The maximum absolute atomic E-state index is 12.9. The average molecular weight is 396 g/mol. The average Bonchev–Trinajstić information content (AvgIpc) is 2.77. The molecule has 0 N–H and O–H groups in total. The fraction of sp³-hybridized carbons (Fsp3) is 0.458. The van der Waals surface area contributed by atoms with E-state index in [1.54, 1.807) is 7.11 Å². The number of methoxy groups -OCH3 is 1. The van der Waals surface area contributed by atoms with Crippen LogP contribution in [-0.4, -0.2) is 61.6 Å². The van der Waals surface area contributed by atoms with E-state index in [0.29, 0.717) is 13.0 Å². The van der Waals surface area contributed by atoms with Gasteiger partial charge in [0.05, 0.1) is 7.11 Å². The number of amides is 1. The molecule has 1 saturated heterocycles. The number of ether oxygens (including phenoxy) is 1. The minimum Gasteiger partial charge on any atom is -0.497 e. The second-order valence-corrected chi connectivity index (χ2v) is 7.88. The monoisotopic (exact) mass is 395 g/mol. The Morgan fingerprint density at radius 2 is 1.66 bits per heavy atom. The molecular weight excluding hydrogens is 362 g/mol. The zero-order valence-electron chi connectivity index (χ0n) is 17.9. The first-order chi connectivity index (χ1) is 14.1. The SMILES string of the molecule is COc1ccc(N2CCN(CCC(=O)N(Cc3ccccc3)C(C)C)CC2)cc1. The maximum atomic E-state index is 12.9. The summed E-state index contributed by atoms with van der Waals surface area (Å²) in [6.45, 7) is 9.63. The van der Waals surface area contributed by atoms with E-state index in [9.17, 15) is 4.79 Å². The van der Waals surface area contributed by atoms with Crippen LogP contribution in [0.5, 0.6) is 5.75 Å². The summed E-state index contributed by atoms with van der Waals surface area (Å²) in [6, 6.07) is 18.7. The highest BCUT2D eigenvalue weighted by atomic mass is 16.5. The van der Waals surface area contributed by atoms with Gasteiger partial charge in [0.2, 0.25) is 5.91 Å². The Labute approximate surface area is 174 Å². The molecule has 0 aliphatic carbocycles. The normalized spacial score (nSPS) is 14.8. The first-order valence-corrected chi connectivity index (χ1v) is 10.5. The smallest absolute Gasteiger partial charge is 0.224 e. The standard InChI is InChI=1S/C24H33N3O2/c1-20(2)27(19-21-7-5-4-6-8-21)24(28)13-14-25-15-17-26(18-16-25)22-9-11-23(29-3)12-10-22/h4-12,20H,13-19H2,1-3H3. The Kier molecular flexibility index (Phi) is 7.53. The minimum absolute atomic E-state index is 0.203. The summed E-state index contributed by atoms with van der Waals surface area (Å²) in [4.78, 5) is 19.6. The van der Waals surface area contributed by atoms with E-state index in [0.717, 1.165) is 38.5 Å². The Hall–Kier alpha value is -2.53. The molecule has 1 amide bonds. The predicted octanol–water partition coefficient (Wildman–Crippen LogP) is 3.64. The third-order valence-corrected chi connectivity index (χ3v) is 5.59. The number of hydrogen-bond donors (Lipinski definition) is 0. The molecule has 2 aromatic carbocycles. The fourth-order valence-electron chi connectivity index (χ4n) is 3.76. The zero-order chi connectivity index (χ0) is 20.6. The van der Waals surface area contributed by atoms with Crippen LogP contribution in [0.1, 0.15) is 25.8 Å². The molecule has 0 unspecified atom stereocenters. The Morgan fingerprint density at radius 3 is 2.24 bits per heavy atom. The van der Waals surface area contributed by atoms with Crippen molar-refractivity contribution in [1.29, 1.82) is 0 Å². The van der Waals surface area contributed by atoms with Crippen LogP contribution in [0, 0.1) is 0 Å². The largest absolute Gasteiger partial charge is 0.497 e. The topological polar surface area (TPSA) is 36.0 Å². The molecule has 2 aromatic rings. The second kappa shape index (κ2) is 10.3. The molecule has 3 rings (SSSR count). The first-order valence-electron chi connectivity index (χ1n) is 10.5. The molecule has 1 fully saturated rings. The molecule has 1 aliphatic heterocycles. The summed E-state index contributed by atoms with van der Waals surface area (Å²) in [5, 5.41) is 0. The number of anilines is 1. The van der Waals surface area contributed by atoms with E-state index in [4.69, 9.17) is 4.74 Å². The molecule has 0 aromatic heterocycles. The van der Waals surface area contributed by atoms with Crippen molar-refractivity contribution in [3.05, 3.63) is 60.2 Å². The zero-order valence-corrected chi connectivity index (χ0v) is 17.9. The number of hydrogen-bond acceptors (Lipinski definition) is 4. The lowest BCUT2D eigenvalue weighted by Crippen LogP contribution is -2.47. The molecule has 0 bridgehead atoms. The van der Waals surface area contributed by atoms with Crippen molar-refractivity contribution in [3.8, 4) is 5.75 Å². The van der Waals surface area contributed by atoms with Gasteiger partial charge in [0.1, 0.15) is 5.75 Å². The second-order valence-electron chi connectivity index (χ2n) is 7.88. The van der Waals surface area contributed by atoms with E-state index < -0.39 is 0 Å². The Bertz CT molecular complexity index is 753. The van der Waals surface area contributed by atoms with Crippen LogP contribution < -0.4 is 9.64 Å². The summed E-state index contributed by atoms with van der Waals surface area (Å²) in [5.41, 5.74) is 2.41. The molecule has 1 heterocycles. The molecule has 0 saturated carbocycles. The molecule has 0 radical (unpaired) electrons. The molecule has 0 spiro atoms. The summed E-state index contributed by atoms with van der Waals surface area (Å²) in [5.74, 6) is 1.12. The van der Waals surface area contributed by atoms with Crippen molar-refractivity contribution in [1.82, 2.24) is 9.80 Å². The minimum atomic E-state index is 0.203. The summed E-state index contributed by atoms with van der Waals surface area (Å²) in [7, 11) is 1.69. The Balaban J connectivity index is 1.46. The lowest BCUT2D eigenvalue weighted by atomic mass is 10.1. The van der Waals surface area contributed by atoms with Crippen molar-refractivity contribution >= 4 is 11.6 Å². The van der Waals surface area contributed by atoms with Gasteiger partial charge in [-0.2, -0.15) is 0 Å². The number of piperazine rings is 1. The highest BCUT2D eigenvalue weighted by molar-refractivity contribution is 5.76. The van der Waals surface area contributed by atoms with E-state index in [-0.39, 0.29) is 11.9 Å². The van der Waals surface area contributed by atoms with Gasteiger partial charge >= 0.3 is 0 Å². The maximum Gasteiger partial charge on any atom is 0.224 e. The lowest BCUT2D eigenvalue weighted by molar-refractivity contribution is -0.133. The van der Waals surface area contributed by atoms with Crippen molar-refractivity contribution in [2.45, 2.75) is 32.9 Å². The van der Waals surface area contributed by atoms with Crippen LogP contribution >= 0.6 is 0 Å². The number of rotatable bonds is 8. The molecule has 156 valence electrons. The van der Waals surface area contributed by atoms with Gasteiger partial charge in [-0.1, -0.05) is 30.3 Å². The van der Waals surface area contributed by atoms with Crippen molar-refractivity contribution in [2.24, 2.45) is 0 Å². The molecule has 0 atom stereocenters. The van der Waals surface area contributed by atoms with Gasteiger partial charge in [-0.05, 0) is 43.7 Å². The van der Waals surface area contributed by atoms with E-state index >= 15 is 0 Å². The Morgan fingerprint density at radius 1 is 1.00 bits per heavy atom. The van der Waals surface area contributed by atoms with Gasteiger partial charge in [0.25, 0.3) is 0 Å². The van der Waals surface area contributed by atoms with Crippen LogP contribution in [-0.2, 0) is 11.3 Å². The predicted molar refractivity (Wildman–Crippen MR) is 118 cm³/mol. The highest BCUT2D eigenvalue weighted by Crippen LogP contribution is 2.20.